The number of hydrogen-bond donors (Lipinski definition) is 1. The third-order valence-corrected chi connectivity index (χ3v) is 4.80. The summed E-state index contributed by atoms with van der Waals surface area (Å²) in [6.07, 6.45) is 0.432. The summed E-state index contributed by atoms with van der Waals surface area (Å²) in [6, 6.07) is 22.3. The number of para-hydroxylation sites is 1. The molecular formula is C24H28N2O2. The third-order valence-electron chi connectivity index (χ3n) is 4.80. The van der Waals surface area contributed by atoms with Crippen molar-refractivity contribution in [2.24, 2.45) is 0 Å². The molecule has 146 valence electrons. The zero-order valence-corrected chi connectivity index (χ0v) is 16.8. The van der Waals surface area contributed by atoms with E-state index in [2.05, 4.69) is 36.2 Å². The van der Waals surface area contributed by atoms with Crippen LogP contribution in [0.5, 0.6) is 0 Å². The van der Waals surface area contributed by atoms with Crippen LogP contribution in [0.3, 0.4) is 0 Å². The zero-order valence-electron chi connectivity index (χ0n) is 16.8. The molecule has 0 fully saturated rings. The first-order valence-electron chi connectivity index (χ1n) is 9.76. The number of nitrogens with one attached hydrogen (secondary N) is 1. The molecule has 4 nitrogen and oxygen atoms in total. The number of aryl methyl sites for hydroxylation is 1. The van der Waals surface area contributed by atoms with E-state index in [1.807, 2.05) is 61.5 Å². The maximum absolute atomic E-state index is 12.6. The second kappa shape index (κ2) is 9.38. The van der Waals surface area contributed by atoms with Crippen LogP contribution in [0.2, 0.25) is 0 Å². The molecule has 3 aromatic rings. The van der Waals surface area contributed by atoms with E-state index in [1.165, 1.54) is 0 Å². The Bertz CT molecular complexity index is 900. The van der Waals surface area contributed by atoms with E-state index in [4.69, 9.17) is 4.42 Å². The average molecular weight is 377 g/mol. The monoisotopic (exact) mass is 376 g/mol. The molecule has 0 aliphatic rings. The van der Waals surface area contributed by atoms with Gasteiger partial charge in [-0.3, -0.25) is 9.69 Å². The topological polar surface area (TPSA) is 45.5 Å². The second-order valence-corrected chi connectivity index (χ2v) is 7.29. The number of carbonyl (C=O) groups is 1. The van der Waals surface area contributed by atoms with Crippen LogP contribution < -0.4 is 5.32 Å². The number of carbonyl (C=O) groups excluding carboxylic acids is 1. The highest BCUT2D eigenvalue weighted by atomic mass is 16.3. The van der Waals surface area contributed by atoms with E-state index < -0.39 is 0 Å². The summed E-state index contributed by atoms with van der Waals surface area (Å²) in [7, 11) is 0. The van der Waals surface area contributed by atoms with Crippen molar-refractivity contribution in [3.8, 4) is 11.1 Å². The molecule has 0 unspecified atom stereocenters. The standard InChI is InChI=1S/C24H28N2O2/c1-18(2)26(17-21-14-13-19(3)28-21)16-15-24(27)25-23-12-8-7-11-22(23)20-9-5-4-6-10-20/h4-14,18H,15-17H2,1-3H3,(H,25,27). The van der Waals surface area contributed by atoms with E-state index in [-0.39, 0.29) is 5.91 Å². The van der Waals surface area contributed by atoms with Crippen molar-refractivity contribution in [1.29, 1.82) is 0 Å². The first-order chi connectivity index (χ1) is 13.5. The van der Waals surface area contributed by atoms with Crippen molar-refractivity contribution in [2.45, 2.75) is 39.8 Å². The Morgan fingerprint density at radius 3 is 2.39 bits per heavy atom. The van der Waals surface area contributed by atoms with Crippen LogP contribution in [-0.4, -0.2) is 23.4 Å². The average Bonchev–Trinajstić information content (AvgIpc) is 3.11. The molecule has 3 rings (SSSR count). The van der Waals surface area contributed by atoms with Gasteiger partial charge in [0.15, 0.2) is 0 Å². The minimum Gasteiger partial charge on any atom is -0.465 e. The van der Waals surface area contributed by atoms with Crippen LogP contribution >= 0.6 is 0 Å². The smallest absolute Gasteiger partial charge is 0.225 e. The van der Waals surface area contributed by atoms with Gasteiger partial charge in [0.05, 0.1) is 6.54 Å². The Morgan fingerprint density at radius 2 is 1.71 bits per heavy atom. The zero-order chi connectivity index (χ0) is 19.9. The minimum absolute atomic E-state index is 0.0182. The molecule has 0 bridgehead atoms. The van der Waals surface area contributed by atoms with Crippen LogP contribution in [0.25, 0.3) is 11.1 Å². The molecule has 0 aliphatic heterocycles. The summed E-state index contributed by atoms with van der Waals surface area (Å²) in [4.78, 5) is 14.9. The highest BCUT2D eigenvalue weighted by molar-refractivity contribution is 5.95. The van der Waals surface area contributed by atoms with E-state index in [1.54, 1.807) is 0 Å². The summed E-state index contributed by atoms with van der Waals surface area (Å²) >= 11 is 0. The van der Waals surface area contributed by atoms with Gasteiger partial charge in [-0.15, -0.1) is 0 Å². The van der Waals surface area contributed by atoms with Gasteiger partial charge in [0.1, 0.15) is 11.5 Å². The lowest BCUT2D eigenvalue weighted by molar-refractivity contribution is -0.116. The molecule has 0 saturated carbocycles. The first kappa shape index (κ1) is 19.9. The molecule has 1 aromatic heterocycles. The quantitative estimate of drug-likeness (QED) is 0.565. The Kier molecular flexibility index (Phi) is 6.66. The SMILES string of the molecule is Cc1ccc(CN(CCC(=O)Nc2ccccc2-c2ccccc2)C(C)C)o1. The molecular weight excluding hydrogens is 348 g/mol. The van der Waals surface area contributed by atoms with Crippen LogP contribution in [0.15, 0.2) is 71.1 Å². The minimum atomic E-state index is 0.0182. The third kappa shape index (κ3) is 5.33. The van der Waals surface area contributed by atoms with E-state index >= 15 is 0 Å². The fraction of sp³-hybridized carbons (Fsp3) is 0.292. The van der Waals surface area contributed by atoms with Gasteiger partial charge in [0, 0.05) is 30.3 Å². The molecule has 0 atom stereocenters. The molecule has 1 heterocycles. The van der Waals surface area contributed by atoms with Gasteiger partial charge in [0.2, 0.25) is 5.91 Å². The highest BCUT2D eigenvalue weighted by Crippen LogP contribution is 2.27. The molecule has 1 N–H and O–H groups in total. The Balaban J connectivity index is 1.62. The molecule has 4 heteroatoms. The van der Waals surface area contributed by atoms with Crippen LogP contribution in [0, 0.1) is 6.92 Å². The lowest BCUT2D eigenvalue weighted by Gasteiger charge is -2.25. The fourth-order valence-corrected chi connectivity index (χ4v) is 3.21. The summed E-state index contributed by atoms with van der Waals surface area (Å²) in [5.74, 6) is 1.86. The second-order valence-electron chi connectivity index (χ2n) is 7.29. The van der Waals surface area contributed by atoms with Crippen molar-refractivity contribution >= 4 is 11.6 Å². The Morgan fingerprint density at radius 1 is 1.00 bits per heavy atom. The van der Waals surface area contributed by atoms with E-state index in [9.17, 15) is 4.79 Å². The Hall–Kier alpha value is -2.85. The molecule has 2 aromatic carbocycles. The van der Waals surface area contributed by atoms with E-state index in [0.717, 1.165) is 28.3 Å². The van der Waals surface area contributed by atoms with Gasteiger partial charge in [-0.25, -0.2) is 0 Å². The number of nitrogens with zero attached hydrogens (tertiary/aromatic N) is 1. The predicted molar refractivity (Wildman–Crippen MR) is 114 cm³/mol. The van der Waals surface area contributed by atoms with Crippen molar-refractivity contribution in [1.82, 2.24) is 4.90 Å². The molecule has 0 aliphatic carbocycles. The van der Waals surface area contributed by atoms with Crippen molar-refractivity contribution in [2.75, 3.05) is 11.9 Å². The number of amides is 1. The molecule has 0 saturated heterocycles. The van der Waals surface area contributed by atoms with Gasteiger partial charge in [-0.05, 0) is 44.5 Å². The molecule has 28 heavy (non-hydrogen) atoms. The van der Waals surface area contributed by atoms with Crippen LogP contribution in [-0.2, 0) is 11.3 Å². The van der Waals surface area contributed by atoms with Crippen LogP contribution in [0.1, 0.15) is 31.8 Å². The van der Waals surface area contributed by atoms with Gasteiger partial charge in [0.25, 0.3) is 0 Å². The lowest BCUT2D eigenvalue weighted by atomic mass is 10.0. The van der Waals surface area contributed by atoms with Gasteiger partial charge in [-0.2, -0.15) is 0 Å². The molecule has 0 spiro atoms. The fourth-order valence-electron chi connectivity index (χ4n) is 3.21. The Labute approximate surface area is 167 Å². The largest absolute Gasteiger partial charge is 0.465 e. The number of anilines is 1. The van der Waals surface area contributed by atoms with Crippen LogP contribution in [0.4, 0.5) is 5.69 Å². The summed E-state index contributed by atoms with van der Waals surface area (Å²) < 4.78 is 5.69. The maximum atomic E-state index is 12.6. The normalized spacial score (nSPS) is 11.2. The molecule has 0 radical (unpaired) electrons. The van der Waals surface area contributed by atoms with E-state index in [0.29, 0.717) is 25.6 Å². The number of hydrogen-bond acceptors (Lipinski definition) is 3. The highest BCUT2D eigenvalue weighted by Gasteiger charge is 2.15. The summed E-state index contributed by atoms with van der Waals surface area (Å²) in [5.41, 5.74) is 2.97. The number of rotatable bonds is 8. The van der Waals surface area contributed by atoms with Gasteiger partial charge < -0.3 is 9.73 Å². The van der Waals surface area contributed by atoms with Crippen molar-refractivity contribution in [3.63, 3.8) is 0 Å². The van der Waals surface area contributed by atoms with Crippen molar-refractivity contribution < 1.29 is 9.21 Å². The first-order valence-corrected chi connectivity index (χ1v) is 9.76. The summed E-state index contributed by atoms with van der Waals surface area (Å²) in [5, 5.41) is 3.08. The lowest BCUT2D eigenvalue weighted by Crippen LogP contribution is -2.33. The van der Waals surface area contributed by atoms with Gasteiger partial charge in [-0.1, -0.05) is 48.5 Å². The molecule has 1 amide bonds. The maximum Gasteiger partial charge on any atom is 0.225 e. The summed E-state index contributed by atoms with van der Waals surface area (Å²) in [6.45, 7) is 7.60. The number of furan rings is 1. The predicted octanol–water partition coefficient (Wildman–Crippen LogP) is 5.49. The van der Waals surface area contributed by atoms with Crippen molar-refractivity contribution in [3.05, 3.63) is 78.3 Å². The van der Waals surface area contributed by atoms with Gasteiger partial charge >= 0.3 is 0 Å². The number of benzene rings is 2.